The van der Waals surface area contributed by atoms with E-state index >= 15 is 0 Å². The van der Waals surface area contributed by atoms with Gasteiger partial charge in [0.05, 0.1) is 37.5 Å². The van der Waals surface area contributed by atoms with Gasteiger partial charge in [-0.1, -0.05) is 55.0 Å². The Kier molecular flexibility index (Phi) is 12.5. The summed E-state index contributed by atoms with van der Waals surface area (Å²) in [6.07, 6.45) is 4.92. The number of hydrogen-bond acceptors (Lipinski definition) is 7. The molecular weight excluding hydrogens is 611 g/mol. The minimum Gasteiger partial charge on any atom is -0.393 e. The molecule has 0 bridgehead atoms. The standard InChI is InChI=1S/C35H45FN2O7S/c1-46(44,45)37-22-4-6-26-9-17-30(18-10-26)38-33(31(34(38)42)19-20-32(41)27-13-15-29(36)16-14-27)28-11-7-25(8-12-28)5-2-3-21-35(43,23-39)24-40/h7-18,31-33,37,39-41,43H,2-6,19-24H2,1H3/t31-,32+,33-/m1/s1. The van der Waals surface area contributed by atoms with Crippen molar-refractivity contribution in [2.75, 3.05) is 30.9 Å². The maximum Gasteiger partial charge on any atom is 0.233 e. The van der Waals surface area contributed by atoms with Crippen molar-refractivity contribution in [2.24, 2.45) is 5.92 Å². The van der Waals surface area contributed by atoms with Crippen LogP contribution in [0.5, 0.6) is 0 Å². The normalized spacial score (nSPS) is 17.6. The van der Waals surface area contributed by atoms with Crippen LogP contribution in [0.25, 0.3) is 0 Å². The Morgan fingerprint density at radius 2 is 1.48 bits per heavy atom. The van der Waals surface area contributed by atoms with E-state index in [-0.39, 0.29) is 23.7 Å². The molecule has 11 heteroatoms. The summed E-state index contributed by atoms with van der Waals surface area (Å²) in [6, 6.07) is 21.3. The first-order valence-electron chi connectivity index (χ1n) is 15.8. The van der Waals surface area contributed by atoms with Crippen LogP contribution in [0.15, 0.2) is 72.8 Å². The number of halogens is 1. The zero-order valence-electron chi connectivity index (χ0n) is 26.2. The van der Waals surface area contributed by atoms with Crippen LogP contribution < -0.4 is 9.62 Å². The van der Waals surface area contributed by atoms with Gasteiger partial charge in [0, 0.05) is 12.2 Å². The number of nitrogens with one attached hydrogen (secondary N) is 1. The molecule has 5 N–H and O–H groups in total. The van der Waals surface area contributed by atoms with E-state index in [0.29, 0.717) is 50.6 Å². The zero-order chi connectivity index (χ0) is 33.3. The lowest BCUT2D eigenvalue weighted by Gasteiger charge is -2.48. The molecule has 1 heterocycles. The number of β-lactam (4-membered cyclic amide) rings is 1. The molecule has 0 unspecified atom stereocenters. The number of amides is 1. The van der Waals surface area contributed by atoms with Crippen LogP contribution in [0.3, 0.4) is 0 Å². The van der Waals surface area contributed by atoms with Gasteiger partial charge in [0.25, 0.3) is 0 Å². The van der Waals surface area contributed by atoms with Crippen LogP contribution in [0.4, 0.5) is 10.1 Å². The third-order valence-corrected chi connectivity index (χ3v) is 9.44. The number of benzene rings is 3. The Labute approximate surface area is 270 Å². The van der Waals surface area contributed by atoms with Gasteiger partial charge in [0.1, 0.15) is 11.4 Å². The smallest absolute Gasteiger partial charge is 0.233 e. The van der Waals surface area contributed by atoms with Crippen molar-refractivity contribution in [3.05, 3.63) is 101 Å². The molecule has 1 amide bonds. The number of sulfonamides is 1. The molecule has 0 aromatic heterocycles. The lowest BCUT2D eigenvalue weighted by molar-refractivity contribution is -0.131. The van der Waals surface area contributed by atoms with Gasteiger partial charge >= 0.3 is 0 Å². The lowest BCUT2D eigenvalue weighted by atomic mass is 9.78. The number of carbonyl (C=O) groups is 1. The van der Waals surface area contributed by atoms with E-state index in [1.54, 1.807) is 17.0 Å². The van der Waals surface area contributed by atoms with E-state index in [2.05, 4.69) is 4.72 Å². The van der Waals surface area contributed by atoms with Crippen molar-refractivity contribution in [3.63, 3.8) is 0 Å². The molecule has 250 valence electrons. The summed E-state index contributed by atoms with van der Waals surface area (Å²) in [6.45, 7) is -0.618. The van der Waals surface area contributed by atoms with Gasteiger partial charge in [-0.05, 0) is 91.5 Å². The molecule has 0 saturated carbocycles. The monoisotopic (exact) mass is 656 g/mol. The van der Waals surface area contributed by atoms with Crippen molar-refractivity contribution in [1.29, 1.82) is 0 Å². The Morgan fingerprint density at radius 3 is 2.07 bits per heavy atom. The van der Waals surface area contributed by atoms with Crippen LogP contribution in [0, 0.1) is 11.7 Å². The van der Waals surface area contributed by atoms with Gasteiger partial charge in [-0.25, -0.2) is 17.5 Å². The van der Waals surface area contributed by atoms with Crippen LogP contribution in [-0.2, 0) is 27.7 Å². The number of aliphatic hydroxyl groups is 4. The summed E-state index contributed by atoms with van der Waals surface area (Å²) in [5.41, 5.74) is 2.99. The molecule has 1 aliphatic rings. The molecule has 1 fully saturated rings. The second kappa shape index (κ2) is 16.1. The van der Waals surface area contributed by atoms with Gasteiger partial charge in [-0.15, -0.1) is 0 Å². The summed E-state index contributed by atoms with van der Waals surface area (Å²) in [5, 5.41) is 39.4. The van der Waals surface area contributed by atoms with Crippen LogP contribution in [-0.4, -0.2) is 66.4 Å². The predicted octanol–water partition coefficient (Wildman–Crippen LogP) is 3.95. The highest BCUT2D eigenvalue weighted by Crippen LogP contribution is 2.46. The minimum absolute atomic E-state index is 0.0364. The van der Waals surface area contributed by atoms with Crippen molar-refractivity contribution in [2.45, 2.75) is 69.1 Å². The number of carbonyl (C=O) groups excluding carboxylic acids is 1. The zero-order valence-corrected chi connectivity index (χ0v) is 27.0. The fraction of sp³-hybridized carbons (Fsp3) is 0.457. The molecule has 0 spiro atoms. The van der Waals surface area contributed by atoms with Crippen molar-refractivity contribution < 1.29 is 38.0 Å². The van der Waals surface area contributed by atoms with E-state index in [9.17, 15) is 38.0 Å². The fourth-order valence-corrected chi connectivity index (χ4v) is 6.45. The number of anilines is 1. The molecule has 3 atom stereocenters. The van der Waals surface area contributed by atoms with Crippen LogP contribution in [0.1, 0.15) is 72.9 Å². The van der Waals surface area contributed by atoms with Crippen LogP contribution in [0.2, 0.25) is 0 Å². The Morgan fingerprint density at radius 1 is 0.891 bits per heavy atom. The van der Waals surface area contributed by atoms with Gasteiger partial charge in [0.2, 0.25) is 15.9 Å². The largest absolute Gasteiger partial charge is 0.393 e. The highest BCUT2D eigenvalue weighted by Gasteiger charge is 2.48. The summed E-state index contributed by atoms with van der Waals surface area (Å²) in [7, 11) is -3.23. The summed E-state index contributed by atoms with van der Waals surface area (Å²) >= 11 is 0. The molecular formula is C35H45FN2O7S. The Balaban J connectivity index is 1.44. The summed E-state index contributed by atoms with van der Waals surface area (Å²) in [4.78, 5) is 15.4. The molecule has 3 aromatic carbocycles. The third kappa shape index (κ3) is 9.66. The van der Waals surface area contributed by atoms with Crippen LogP contribution >= 0.6 is 0 Å². The molecule has 46 heavy (non-hydrogen) atoms. The SMILES string of the molecule is CS(=O)(=O)NCCCc1ccc(N2C(=O)[C@H](CC[C@H](O)c3ccc(F)cc3)[C@H]2c2ccc(CCCCC(O)(CO)CO)cc2)cc1. The number of unbranched alkanes of at least 4 members (excludes halogenated alkanes) is 1. The van der Waals surface area contributed by atoms with E-state index in [1.165, 1.54) is 12.1 Å². The molecule has 1 saturated heterocycles. The summed E-state index contributed by atoms with van der Waals surface area (Å²) < 4.78 is 38.5. The van der Waals surface area contributed by atoms with Crippen molar-refractivity contribution in [3.8, 4) is 0 Å². The number of aliphatic hydroxyl groups excluding tert-OH is 3. The van der Waals surface area contributed by atoms with E-state index < -0.39 is 34.9 Å². The second-order valence-corrected chi connectivity index (χ2v) is 14.2. The maximum absolute atomic E-state index is 13.6. The second-order valence-electron chi connectivity index (χ2n) is 12.3. The average Bonchev–Trinajstić information content (AvgIpc) is 3.04. The average molecular weight is 657 g/mol. The topological polar surface area (TPSA) is 147 Å². The van der Waals surface area contributed by atoms with Crippen molar-refractivity contribution in [1.82, 2.24) is 4.72 Å². The molecule has 9 nitrogen and oxygen atoms in total. The van der Waals surface area contributed by atoms with E-state index in [4.69, 9.17) is 0 Å². The molecule has 1 aliphatic heterocycles. The van der Waals surface area contributed by atoms with Gasteiger partial charge in [0.15, 0.2) is 0 Å². The molecule has 3 aromatic rings. The van der Waals surface area contributed by atoms with Crippen molar-refractivity contribution >= 4 is 21.6 Å². The third-order valence-electron chi connectivity index (χ3n) is 8.71. The number of aryl methyl sites for hydroxylation is 2. The predicted molar refractivity (Wildman–Crippen MR) is 175 cm³/mol. The fourth-order valence-electron chi connectivity index (χ4n) is 5.93. The van der Waals surface area contributed by atoms with Gasteiger partial charge in [-0.3, -0.25) is 4.79 Å². The first kappa shape index (κ1) is 35.7. The van der Waals surface area contributed by atoms with E-state index in [1.807, 2.05) is 48.5 Å². The minimum atomic E-state index is -3.23. The number of rotatable bonds is 18. The first-order chi connectivity index (χ1) is 21.9. The molecule has 4 rings (SSSR count). The molecule has 0 aliphatic carbocycles. The Hall–Kier alpha value is -3.19. The number of hydrogen-bond donors (Lipinski definition) is 5. The highest BCUT2D eigenvalue weighted by molar-refractivity contribution is 7.88. The quantitative estimate of drug-likeness (QED) is 0.103. The van der Waals surface area contributed by atoms with E-state index in [0.717, 1.165) is 41.5 Å². The van der Waals surface area contributed by atoms with Gasteiger partial charge < -0.3 is 25.3 Å². The summed E-state index contributed by atoms with van der Waals surface area (Å²) in [5.74, 6) is -0.763. The Bertz CT molecular complexity index is 1510. The highest BCUT2D eigenvalue weighted by atomic mass is 32.2. The van der Waals surface area contributed by atoms with Gasteiger partial charge in [-0.2, -0.15) is 0 Å². The lowest BCUT2D eigenvalue weighted by Crippen LogP contribution is -2.55. The molecule has 0 radical (unpaired) electrons. The number of nitrogens with zero attached hydrogens (tertiary/aromatic N) is 1. The first-order valence-corrected chi connectivity index (χ1v) is 17.7. The maximum atomic E-state index is 13.6.